The molecule has 0 spiro atoms. The van der Waals surface area contributed by atoms with Gasteiger partial charge in [0.1, 0.15) is 18.1 Å². The van der Waals surface area contributed by atoms with Gasteiger partial charge in [0, 0.05) is 0 Å². The number of amides is 3. The maximum atomic E-state index is 12.7. The number of nitrogens with one attached hydrogen (secondary N) is 3. The number of aliphatic hydroxyl groups is 1. The van der Waals surface area contributed by atoms with Gasteiger partial charge in [-0.25, -0.2) is 4.79 Å². The molecule has 14 heteroatoms. The highest BCUT2D eigenvalue weighted by atomic mass is 32.2. The van der Waals surface area contributed by atoms with Gasteiger partial charge in [-0.1, -0.05) is 0 Å². The SMILES string of the molecule is CSCCC(N)C(=O)NC(C(=O)NC(CCSC)C(=O)NC(CC(=O)O)C(=O)O)C(C)O. The van der Waals surface area contributed by atoms with Crippen LogP contribution in [-0.4, -0.2) is 99.3 Å². The molecule has 5 atom stereocenters. The van der Waals surface area contributed by atoms with Crippen molar-refractivity contribution in [1.29, 1.82) is 0 Å². The number of hydrogen-bond donors (Lipinski definition) is 7. The Morgan fingerprint density at radius 2 is 1.38 bits per heavy atom. The molecule has 184 valence electrons. The number of nitrogens with two attached hydrogens (primary N) is 1. The van der Waals surface area contributed by atoms with Gasteiger partial charge in [-0.3, -0.25) is 19.2 Å². The molecule has 32 heavy (non-hydrogen) atoms. The van der Waals surface area contributed by atoms with Crippen LogP contribution in [0.25, 0.3) is 0 Å². The predicted octanol–water partition coefficient (Wildman–Crippen LogP) is -1.79. The summed E-state index contributed by atoms with van der Waals surface area (Å²) in [7, 11) is 0. The van der Waals surface area contributed by atoms with Crippen LogP contribution in [0.1, 0.15) is 26.2 Å². The summed E-state index contributed by atoms with van der Waals surface area (Å²) in [5.74, 6) is -4.32. The first-order valence-electron chi connectivity index (χ1n) is 9.71. The van der Waals surface area contributed by atoms with Crippen LogP contribution in [0.4, 0.5) is 0 Å². The van der Waals surface area contributed by atoms with Crippen LogP contribution in [0.5, 0.6) is 0 Å². The highest BCUT2D eigenvalue weighted by molar-refractivity contribution is 7.98. The molecule has 0 saturated carbocycles. The highest BCUT2D eigenvalue weighted by Gasteiger charge is 2.32. The lowest BCUT2D eigenvalue weighted by Gasteiger charge is -2.26. The maximum absolute atomic E-state index is 12.7. The summed E-state index contributed by atoms with van der Waals surface area (Å²) < 4.78 is 0. The third-order valence-electron chi connectivity index (χ3n) is 4.27. The van der Waals surface area contributed by atoms with Crippen molar-refractivity contribution in [3.8, 4) is 0 Å². The minimum Gasteiger partial charge on any atom is -0.481 e. The Labute approximate surface area is 194 Å². The Morgan fingerprint density at radius 1 is 0.844 bits per heavy atom. The first kappa shape index (κ1) is 30.0. The van der Waals surface area contributed by atoms with Crippen molar-refractivity contribution in [2.24, 2.45) is 5.73 Å². The topological polar surface area (TPSA) is 208 Å². The number of carboxylic acid groups (broad SMARTS) is 2. The van der Waals surface area contributed by atoms with E-state index in [2.05, 4.69) is 16.0 Å². The summed E-state index contributed by atoms with van der Waals surface area (Å²) in [5, 5.41) is 34.8. The van der Waals surface area contributed by atoms with Crippen LogP contribution in [-0.2, 0) is 24.0 Å². The first-order chi connectivity index (χ1) is 14.9. The number of carbonyl (C=O) groups excluding carboxylic acids is 3. The number of carbonyl (C=O) groups is 5. The Balaban J connectivity index is 5.35. The van der Waals surface area contributed by atoms with Gasteiger partial charge in [0.05, 0.1) is 18.6 Å². The van der Waals surface area contributed by atoms with Gasteiger partial charge in [-0.15, -0.1) is 0 Å². The molecule has 0 aliphatic rings. The maximum Gasteiger partial charge on any atom is 0.326 e. The fourth-order valence-corrected chi connectivity index (χ4v) is 3.42. The number of thioether (sulfide) groups is 2. The standard InChI is InChI=1S/C18H32N4O8S2/c1-9(23)14(22-15(26)10(19)4-6-31-2)17(28)20-11(5-7-32-3)16(27)21-12(18(29)30)8-13(24)25/h9-12,14,23H,4-8,19H2,1-3H3,(H,20,28)(H,21,27)(H,22,26)(H,24,25)(H,29,30). The fraction of sp³-hybridized carbons (Fsp3) is 0.722. The minimum absolute atomic E-state index is 0.103. The second-order valence-corrected chi connectivity index (χ2v) is 8.93. The molecule has 0 aliphatic carbocycles. The summed E-state index contributed by atoms with van der Waals surface area (Å²) in [6.45, 7) is 1.28. The number of carboxylic acids is 2. The van der Waals surface area contributed by atoms with E-state index in [-0.39, 0.29) is 6.42 Å². The zero-order valence-corrected chi connectivity index (χ0v) is 19.8. The number of aliphatic hydroxyl groups excluding tert-OH is 1. The van der Waals surface area contributed by atoms with Crippen molar-refractivity contribution >= 4 is 53.2 Å². The lowest BCUT2D eigenvalue weighted by atomic mass is 10.1. The molecule has 0 heterocycles. The monoisotopic (exact) mass is 496 g/mol. The van der Waals surface area contributed by atoms with Crippen LogP contribution in [0, 0.1) is 0 Å². The normalized spacial score (nSPS) is 15.5. The molecule has 0 saturated heterocycles. The highest BCUT2D eigenvalue weighted by Crippen LogP contribution is 2.05. The average molecular weight is 497 g/mol. The van der Waals surface area contributed by atoms with Crippen LogP contribution in [0.15, 0.2) is 0 Å². The van der Waals surface area contributed by atoms with E-state index >= 15 is 0 Å². The van der Waals surface area contributed by atoms with Gasteiger partial charge in [0.25, 0.3) is 0 Å². The molecule has 0 radical (unpaired) electrons. The predicted molar refractivity (Wildman–Crippen MR) is 121 cm³/mol. The molecule has 0 bridgehead atoms. The van der Waals surface area contributed by atoms with Crippen molar-refractivity contribution in [3.63, 3.8) is 0 Å². The van der Waals surface area contributed by atoms with Crippen LogP contribution < -0.4 is 21.7 Å². The van der Waals surface area contributed by atoms with E-state index in [1.807, 2.05) is 6.26 Å². The summed E-state index contributed by atoms with van der Waals surface area (Å²) >= 11 is 2.86. The van der Waals surface area contributed by atoms with E-state index in [1.54, 1.807) is 6.26 Å². The summed E-state index contributed by atoms with van der Waals surface area (Å²) in [6, 6.07) is -5.19. The van der Waals surface area contributed by atoms with E-state index in [0.29, 0.717) is 17.9 Å². The van der Waals surface area contributed by atoms with Gasteiger partial charge in [-0.2, -0.15) is 23.5 Å². The lowest BCUT2D eigenvalue weighted by molar-refractivity contribution is -0.147. The molecular weight excluding hydrogens is 464 g/mol. The Bertz CT molecular complexity index is 665. The molecule has 3 amide bonds. The third-order valence-corrected chi connectivity index (χ3v) is 5.56. The molecule has 5 unspecified atom stereocenters. The molecular formula is C18H32N4O8S2. The van der Waals surface area contributed by atoms with E-state index in [9.17, 15) is 29.1 Å². The van der Waals surface area contributed by atoms with E-state index in [1.165, 1.54) is 30.4 Å². The second-order valence-electron chi connectivity index (χ2n) is 6.95. The zero-order chi connectivity index (χ0) is 24.8. The van der Waals surface area contributed by atoms with Crippen LogP contribution >= 0.6 is 23.5 Å². The van der Waals surface area contributed by atoms with Gasteiger partial charge in [0.2, 0.25) is 17.7 Å². The molecule has 8 N–H and O–H groups in total. The molecule has 0 aromatic rings. The van der Waals surface area contributed by atoms with Gasteiger partial charge >= 0.3 is 11.9 Å². The van der Waals surface area contributed by atoms with Crippen LogP contribution in [0.3, 0.4) is 0 Å². The average Bonchev–Trinajstić information content (AvgIpc) is 2.71. The fourth-order valence-electron chi connectivity index (χ4n) is 2.45. The summed E-state index contributed by atoms with van der Waals surface area (Å²) in [4.78, 5) is 59.6. The Morgan fingerprint density at radius 3 is 1.84 bits per heavy atom. The van der Waals surface area contributed by atoms with Gasteiger partial charge in [0.15, 0.2) is 0 Å². The third kappa shape index (κ3) is 11.5. The second kappa shape index (κ2) is 15.7. The Hall–Kier alpha value is -2.03. The summed E-state index contributed by atoms with van der Waals surface area (Å²) in [6.07, 6.45) is 1.92. The zero-order valence-electron chi connectivity index (χ0n) is 18.2. The molecule has 0 fully saturated rings. The Kier molecular flexibility index (Phi) is 14.7. The van der Waals surface area contributed by atoms with Crippen LogP contribution in [0.2, 0.25) is 0 Å². The summed E-state index contributed by atoms with van der Waals surface area (Å²) in [5.41, 5.74) is 5.78. The number of aliphatic carboxylic acids is 2. The first-order valence-corrected chi connectivity index (χ1v) is 12.5. The number of rotatable bonds is 16. The van der Waals surface area contributed by atoms with Crippen molar-refractivity contribution in [3.05, 3.63) is 0 Å². The lowest BCUT2D eigenvalue weighted by Crippen LogP contribution is -2.60. The molecule has 0 rings (SSSR count). The smallest absolute Gasteiger partial charge is 0.326 e. The van der Waals surface area contributed by atoms with Crippen molar-refractivity contribution in [1.82, 2.24) is 16.0 Å². The van der Waals surface area contributed by atoms with Gasteiger partial charge < -0.3 is 37.0 Å². The van der Waals surface area contributed by atoms with E-state index in [4.69, 9.17) is 15.9 Å². The van der Waals surface area contributed by atoms with Crippen molar-refractivity contribution in [2.75, 3.05) is 24.0 Å². The van der Waals surface area contributed by atoms with Crippen molar-refractivity contribution < 1.29 is 39.3 Å². The van der Waals surface area contributed by atoms with E-state index in [0.717, 1.165) is 0 Å². The largest absolute Gasteiger partial charge is 0.481 e. The molecule has 12 nitrogen and oxygen atoms in total. The molecule has 0 aromatic heterocycles. The molecule has 0 aromatic carbocycles. The van der Waals surface area contributed by atoms with Crippen molar-refractivity contribution in [2.45, 2.75) is 56.5 Å². The van der Waals surface area contributed by atoms with Gasteiger partial charge in [-0.05, 0) is 43.8 Å². The number of hydrogen-bond acceptors (Lipinski definition) is 9. The van der Waals surface area contributed by atoms with E-state index < -0.39 is 66.4 Å². The minimum atomic E-state index is -1.68. The quantitative estimate of drug-likeness (QED) is 0.127. The molecule has 0 aliphatic heterocycles.